The van der Waals surface area contributed by atoms with Crippen LogP contribution in [0.25, 0.3) is 11.3 Å². The highest BCUT2D eigenvalue weighted by atomic mass is 35.5. The van der Waals surface area contributed by atoms with Crippen LogP contribution < -0.4 is 10.2 Å². The first-order valence-electron chi connectivity index (χ1n) is 10.4. The van der Waals surface area contributed by atoms with Gasteiger partial charge in [0, 0.05) is 29.4 Å². The molecule has 164 valence electrons. The SMILES string of the molecule is COC(=O)c1ccc(NC(=O)C2CCCN(c3ccc(-c4ccc(Cl)cc4)nn3)C2)cc1. The molecule has 2 aromatic carbocycles. The number of halogens is 1. The molecule has 1 fully saturated rings. The normalized spacial score (nSPS) is 15.8. The van der Waals surface area contributed by atoms with Gasteiger partial charge < -0.3 is 15.0 Å². The van der Waals surface area contributed by atoms with Crippen molar-refractivity contribution in [2.45, 2.75) is 12.8 Å². The van der Waals surface area contributed by atoms with E-state index in [0.717, 1.165) is 36.5 Å². The molecule has 1 unspecified atom stereocenters. The van der Waals surface area contributed by atoms with Gasteiger partial charge in [-0.15, -0.1) is 10.2 Å². The molecule has 0 bridgehead atoms. The van der Waals surface area contributed by atoms with Crippen LogP contribution in [-0.4, -0.2) is 42.3 Å². The molecule has 1 aromatic heterocycles. The first-order chi connectivity index (χ1) is 15.5. The van der Waals surface area contributed by atoms with Crippen molar-refractivity contribution in [1.29, 1.82) is 0 Å². The van der Waals surface area contributed by atoms with Crippen molar-refractivity contribution in [3.05, 3.63) is 71.2 Å². The third-order valence-corrected chi connectivity index (χ3v) is 5.73. The van der Waals surface area contributed by atoms with Crippen LogP contribution in [0.1, 0.15) is 23.2 Å². The Kier molecular flexibility index (Phi) is 6.66. The van der Waals surface area contributed by atoms with Crippen LogP contribution in [0.2, 0.25) is 5.02 Å². The lowest BCUT2D eigenvalue weighted by atomic mass is 9.97. The first-order valence-corrected chi connectivity index (χ1v) is 10.7. The Bertz CT molecular complexity index is 1090. The lowest BCUT2D eigenvalue weighted by Gasteiger charge is -2.32. The van der Waals surface area contributed by atoms with Gasteiger partial charge in [-0.25, -0.2) is 4.79 Å². The van der Waals surface area contributed by atoms with E-state index in [1.807, 2.05) is 36.4 Å². The summed E-state index contributed by atoms with van der Waals surface area (Å²) in [6, 6.07) is 18.0. The van der Waals surface area contributed by atoms with Crippen LogP contribution in [0.5, 0.6) is 0 Å². The fourth-order valence-electron chi connectivity index (χ4n) is 3.72. The minimum Gasteiger partial charge on any atom is -0.465 e. The number of ether oxygens (including phenoxy) is 1. The number of esters is 1. The number of carbonyl (C=O) groups is 2. The molecule has 0 saturated carbocycles. The topological polar surface area (TPSA) is 84.4 Å². The molecule has 8 heteroatoms. The van der Waals surface area contributed by atoms with Gasteiger partial charge in [0.25, 0.3) is 0 Å². The van der Waals surface area contributed by atoms with Crippen molar-refractivity contribution in [2.24, 2.45) is 5.92 Å². The lowest BCUT2D eigenvalue weighted by Crippen LogP contribution is -2.41. The van der Waals surface area contributed by atoms with Crippen molar-refractivity contribution in [3.8, 4) is 11.3 Å². The number of benzene rings is 2. The Labute approximate surface area is 191 Å². The van der Waals surface area contributed by atoms with Crippen molar-refractivity contribution >= 4 is 35.0 Å². The van der Waals surface area contributed by atoms with Crippen LogP contribution in [0.4, 0.5) is 11.5 Å². The van der Waals surface area contributed by atoms with E-state index in [2.05, 4.69) is 20.4 Å². The summed E-state index contributed by atoms with van der Waals surface area (Å²) in [6.45, 7) is 1.40. The van der Waals surface area contributed by atoms with Gasteiger partial charge in [-0.1, -0.05) is 23.7 Å². The summed E-state index contributed by atoms with van der Waals surface area (Å²) < 4.78 is 4.70. The maximum Gasteiger partial charge on any atom is 0.337 e. The monoisotopic (exact) mass is 450 g/mol. The van der Waals surface area contributed by atoms with Gasteiger partial charge in [-0.05, 0) is 61.4 Å². The van der Waals surface area contributed by atoms with E-state index in [1.54, 1.807) is 24.3 Å². The van der Waals surface area contributed by atoms with Crippen molar-refractivity contribution < 1.29 is 14.3 Å². The lowest BCUT2D eigenvalue weighted by molar-refractivity contribution is -0.120. The second-order valence-corrected chi connectivity index (χ2v) is 8.06. The zero-order chi connectivity index (χ0) is 22.5. The summed E-state index contributed by atoms with van der Waals surface area (Å²) in [4.78, 5) is 26.4. The number of carbonyl (C=O) groups excluding carboxylic acids is 2. The second-order valence-electron chi connectivity index (χ2n) is 7.63. The quantitative estimate of drug-likeness (QED) is 0.578. The number of hydrogen-bond acceptors (Lipinski definition) is 6. The van der Waals surface area contributed by atoms with Crippen LogP contribution in [0.3, 0.4) is 0 Å². The summed E-state index contributed by atoms with van der Waals surface area (Å²) in [7, 11) is 1.34. The first kappa shape index (κ1) is 21.8. The van der Waals surface area contributed by atoms with E-state index in [-0.39, 0.29) is 11.8 Å². The minimum atomic E-state index is -0.408. The van der Waals surface area contributed by atoms with Crippen molar-refractivity contribution in [2.75, 3.05) is 30.4 Å². The van der Waals surface area contributed by atoms with E-state index in [1.165, 1.54) is 7.11 Å². The van der Waals surface area contributed by atoms with E-state index in [9.17, 15) is 9.59 Å². The number of anilines is 2. The molecule has 1 atom stereocenters. The Morgan fingerprint density at radius 1 is 1.03 bits per heavy atom. The third-order valence-electron chi connectivity index (χ3n) is 5.48. The highest BCUT2D eigenvalue weighted by Crippen LogP contribution is 2.25. The third kappa shape index (κ3) is 5.06. The number of nitrogens with one attached hydrogen (secondary N) is 1. The van der Waals surface area contributed by atoms with Crippen LogP contribution in [-0.2, 0) is 9.53 Å². The molecule has 1 N–H and O–H groups in total. The molecule has 32 heavy (non-hydrogen) atoms. The number of aromatic nitrogens is 2. The van der Waals surface area contributed by atoms with Gasteiger partial charge in [0.15, 0.2) is 5.82 Å². The molecule has 3 aromatic rings. The molecule has 4 rings (SSSR count). The number of methoxy groups -OCH3 is 1. The Hall–Kier alpha value is -3.45. The number of piperidine rings is 1. The average molecular weight is 451 g/mol. The van der Waals surface area contributed by atoms with E-state index in [4.69, 9.17) is 16.3 Å². The van der Waals surface area contributed by atoms with Crippen molar-refractivity contribution in [1.82, 2.24) is 10.2 Å². The zero-order valence-electron chi connectivity index (χ0n) is 17.6. The van der Waals surface area contributed by atoms with Crippen LogP contribution in [0.15, 0.2) is 60.7 Å². The van der Waals surface area contributed by atoms with Gasteiger partial charge in [-0.3, -0.25) is 4.79 Å². The second kappa shape index (κ2) is 9.78. The molecule has 0 spiro atoms. The van der Waals surface area contributed by atoms with Gasteiger partial charge >= 0.3 is 5.97 Å². The van der Waals surface area contributed by atoms with Gasteiger partial charge in [-0.2, -0.15) is 0 Å². The fraction of sp³-hybridized carbons (Fsp3) is 0.250. The summed E-state index contributed by atoms with van der Waals surface area (Å²) in [5, 5.41) is 12.3. The van der Waals surface area contributed by atoms with Gasteiger partial charge in [0.2, 0.25) is 5.91 Å². The number of nitrogens with zero attached hydrogens (tertiary/aromatic N) is 3. The highest BCUT2D eigenvalue weighted by molar-refractivity contribution is 6.30. The molecule has 0 aliphatic carbocycles. The largest absolute Gasteiger partial charge is 0.465 e. The van der Waals surface area contributed by atoms with E-state index < -0.39 is 5.97 Å². The minimum absolute atomic E-state index is 0.0498. The summed E-state index contributed by atoms with van der Waals surface area (Å²) >= 11 is 5.95. The maximum atomic E-state index is 12.8. The molecular formula is C24H23ClN4O3. The predicted molar refractivity (Wildman–Crippen MR) is 124 cm³/mol. The molecule has 1 aliphatic rings. The van der Waals surface area contributed by atoms with Crippen molar-refractivity contribution in [3.63, 3.8) is 0 Å². The van der Waals surface area contributed by atoms with E-state index in [0.29, 0.717) is 22.8 Å². The number of amides is 1. The number of hydrogen-bond donors (Lipinski definition) is 1. The zero-order valence-corrected chi connectivity index (χ0v) is 18.4. The predicted octanol–water partition coefficient (Wildman–Crippen LogP) is 4.44. The summed E-state index contributed by atoms with van der Waals surface area (Å²) in [5.74, 6) is 0.129. The average Bonchev–Trinajstić information content (AvgIpc) is 2.84. The summed E-state index contributed by atoms with van der Waals surface area (Å²) in [5.41, 5.74) is 2.80. The van der Waals surface area contributed by atoms with Gasteiger partial charge in [0.05, 0.1) is 24.3 Å². The Morgan fingerprint density at radius 3 is 2.44 bits per heavy atom. The Morgan fingerprint density at radius 2 is 1.78 bits per heavy atom. The number of rotatable bonds is 5. The summed E-state index contributed by atoms with van der Waals surface area (Å²) in [6.07, 6.45) is 1.69. The highest BCUT2D eigenvalue weighted by Gasteiger charge is 2.27. The molecular weight excluding hydrogens is 428 g/mol. The van der Waals surface area contributed by atoms with Crippen LogP contribution >= 0.6 is 11.6 Å². The molecule has 7 nitrogen and oxygen atoms in total. The molecule has 0 radical (unpaired) electrons. The molecule has 1 saturated heterocycles. The smallest absolute Gasteiger partial charge is 0.337 e. The molecule has 1 amide bonds. The Balaban J connectivity index is 1.39. The fourth-order valence-corrected chi connectivity index (χ4v) is 3.85. The van der Waals surface area contributed by atoms with Gasteiger partial charge in [0.1, 0.15) is 0 Å². The standard InChI is InChI=1S/C24H23ClN4O3/c1-32-24(31)17-6-10-20(11-7-17)26-23(30)18-3-2-14-29(15-18)22-13-12-21(27-28-22)16-4-8-19(25)9-5-16/h4-13,18H,2-3,14-15H2,1H3,(H,26,30). The molecule has 2 heterocycles. The van der Waals surface area contributed by atoms with E-state index >= 15 is 0 Å². The van der Waals surface area contributed by atoms with Crippen LogP contribution in [0, 0.1) is 5.92 Å². The maximum absolute atomic E-state index is 12.8. The molecule has 1 aliphatic heterocycles.